The van der Waals surface area contributed by atoms with Gasteiger partial charge >= 0.3 is 0 Å². The van der Waals surface area contributed by atoms with Gasteiger partial charge in [-0.25, -0.2) is 9.97 Å². The fraction of sp³-hybridized carbons (Fsp3) is 0.565. The topological polar surface area (TPSA) is 58.5 Å². The van der Waals surface area contributed by atoms with Gasteiger partial charge in [0, 0.05) is 55.0 Å². The standard InChI is InChI=1S/C23H31N3O2/c1-16(2)22-24-11-17(12-25-22)13-26-14-18-7-6-10-23(27,20(18)15-26)19-8-4-5-9-21(19)28-3/h4-5,8-9,11-12,16,18,20,27H,6-7,10,13-15H2,1-3H3/t18-,20+,23-/m0/s1. The summed E-state index contributed by atoms with van der Waals surface area (Å²) in [5, 5.41) is 11.8. The molecule has 2 aromatic rings. The van der Waals surface area contributed by atoms with Gasteiger partial charge in [0.15, 0.2) is 0 Å². The third-order valence-electron chi connectivity index (χ3n) is 6.48. The summed E-state index contributed by atoms with van der Waals surface area (Å²) in [5.74, 6) is 2.78. The van der Waals surface area contributed by atoms with Gasteiger partial charge in [0.1, 0.15) is 11.6 Å². The number of methoxy groups -OCH3 is 1. The molecular formula is C23H31N3O2. The van der Waals surface area contributed by atoms with Crippen LogP contribution < -0.4 is 4.74 Å². The number of nitrogens with zero attached hydrogens (tertiary/aromatic N) is 3. The van der Waals surface area contributed by atoms with Crippen LogP contribution in [0.4, 0.5) is 0 Å². The first-order valence-corrected chi connectivity index (χ1v) is 10.4. The molecule has 1 saturated heterocycles. The molecule has 0 amide bonds. The highest BCUT2D eigenvalue weighted by atomic mass is 16.5. The molecule has 1 aromatic heterocycles. The molecule has 28 heavy (non-hydrogen) atoms. The van der Waals surface area contributed by atoms with Crippen molar-refractivity contribution in [2.24, 2.45) is 11.8 Å². The second-order valence-electron chi connectivity index (χ2n) is 8.68. The molecule has 1 aliphatic heterocycles. The van der Waals surface area contributed by atoms with Crippen LogP contribution in [-0.2, 0) is 12.1 Å². The Morgan fingerprint density at radius 2 is 1.96 bits per heavy atom. The van der Waals surface area contributed by atoms with Gasteiger partial charge in [0.05, 0.1) is 12.7 Å². The molecule has 0 bridgehead atoms. The molecule has 1 aromatic carbocycles. The highest BCUT2D eigenvalue weighted by Gasteiger charge is 2.50. The molecule has 1 N–H and O–H groups in total. The molecule has 0 spiro atoms. The Labute approximate surface area is 167 Å². The first kappa shape index (κ1) is 19.3. The minimum atomic E-state index is -0.817. The Morgan fingerprint density at radius 3 is 2.68 bits per heavy atom. The summed E-state index contributed by atoms with van der Waals surface area (Å²) in [6, 6.07) is 7.95. The van der Waals surface area contributed by atoms with Crippen LogP contribution in [0.5, 0.6) is 5.75 Å². The summed E-state index contributed by atoms with van der Waals surface area (Å²) in [5.41, 5.74) is 1.27. The van der Waals surface area contributed by atoms with Crippen LogP contribution >= 0.6 is 0 Å². The fourth-order valence-electron chi connectivity index (χ4n) is 5.08. The smallest absolute Gasteiger partial charge is 0.130 e. The number of hydrogen-bond donors (Lipinski definition) is 1. The first-order valence-electron chi connectivity index (χ1n) is 10.4. The van der Waals surface area contributed by atoms with Crippen LogP contribution in [0.2, 0.25) is 0 Å². The Morgan fingerprint density at radius 1 is 1.21 bits per heavy atom. The average Bonchev–Trinajstić information content (AvgIpc) is 3.12. The molecule has 2 heterocycles. The molecule has 1 saturated carbocycles. The van der Waals surface area contributed by atoms with Gasteiger partial charge in [-0.1, -0.05) is 32.0 Å². The van der Waals surface area contributed by atoms with Gasteiger partial charge in [-0.2, -0.15) is 0 Å². The molecular weight excluding hydrogens is 350 g/mol. The lowest BCUT2D eigenvalue weighted by atomic mass is 9.67. The predicted molar refractivity (Wildman–Crippen MR) is 109 cm³/mol. The van der Waals surface area contributed by atoms with Crippen molar-refractivity contribution in [3.8, 4) is 5.75 Å². The Balaban J connectivity index is 1.53. The lowest BCUT2D eigenvalue weighted by molar-refractivity contribution is -0.0662. The molecule has 2 fully saturated rings. The molecule has 0 radical (unpaired) electrons. The summed E-state index contributed by atoms with van der Waals surface area (Å²) < 4.78 is 5.58. The van der Waals surface area contributed by atoms with Gasteiger partial charge in [-0.05, 0) is 31.2 Å². The van der Waals surface area contributed by atoms with E-state index in [1.165, 1.54) is 6.42 Å². The summed E-state index contributed by atoms with van der Waals surface area (Å²) in [4.78, 5) is 11.5. The van der Waals surface area contributed by atoms with Crippen molar-refractivity contribution in [2.45, 2.75) is 51.2 Å². The number of benzene rings is 1. The van der Waals surface area contributed by atoms with E-state index in [4.69, 9.17) is 4.74 Å². The second-order valence-corrected chi connectivity index (χ2v) is 8.68. The lowest BCUT2D eigenvalue weighted by Gasteiger charge is -2.42. The van der Waals surface area contributed by atoms with Crippen molar-refractivity contribution in [2.75, 3.05) is 20.2 Å². The van der Waals surface area contributed by atoms with Crippen molar-refractivity contribution in [1.82, 2.24) is 14.9 Å². The van der Waals surface area contributed by atoms with Crippen LogP contribution in [-0.4, -0.2) is 40.2 Å². The van der Waals surface area contributed by atoms with Gasteiger partial charge in [0.25, 0.3) is 0 Å². The Bertz CT molecular complexity index is 808. The maximum absolute atomic E-state index is 11.8. The second kappa shape index (κ2) is 7.80. The zero-order valence-electron chi connectivity index (χ0n) is 17.1. The number of fused-ring (bicyclic) bond motifs is 1. The van der Waals surface area contributed by atoms with E-state index < -0.39 is 5.60 Å². The maximum atomic E-state index is 11.8. The molecule has 5 heteroatoms. The molecule has 5 nitrogen and oxygen atoms in total. The van der Waals surface area contributed by atoms with E-state index in [0.717, 1.165) is 55.2 Å². The zero-order valence-corrected chi connectivity index (χ0v) is 17.1. The predicted octanol–water partition coefficient (Wildman–Crippen LogP) is 3.73. The summed E-state index contributed by atoms with van der Waals surface area (Å²) in [6.45, 7) is 6.98. The van der Waals surface area contributed by atoms with Crippen molar-refractivity contribution in [3.63, 3.8) is 0 Å². The van der Waals surface area contributed by atoms with E-state index in [1.54, 1.807) is 7.11 Å². The van der Waals surface area contributed by atoms with Gasteiger partial charge in [-0.3, -0.25) is 4.90 Å². The van der Waals surface area contributed by atoms with Crippen LogP contribution in [0, 0.1) is 11.8 Å². The average molecular weight is 382 g/mol. The van der Waals surface area contributed by atoms with Crippen LogP contribution in [0.1, 0.15) is 56.0 Å². The zero-order chi connectivity index (χ0) is 19.7. The van der Waals surface area contributed by atoms with Gasteiger partial charge < -0.3 is 9.84 Å². The highest BCUT2D eigenvalue weighted by Crippen LogP contribution is 2.50. The minimum Gasteiger partial charge on any atom is -0.496 e. The van der Waals surface area contributed by atoms with Crippen LogP contribution in [0.3, 0.4) is 0 Å². The van der Waals surface area contributed by atoms with E-state index in [1.807, 2.05) is 36.7 Å². The number of aromatic nitrogens is 2. The number of para-hydroxylation sites is 1. The molecule has 1 aliphatic carbocycles. The molecule has 150 valence electrons. The number of aliphatic hydroxyl groups is 1. The molecule has 2 aliphatic rings. The van der Waals surface area contributed by atoms with E-state index in [0.29, 0.717) is 11.8 Å². The number of hydrogen-bond acceptors (Lipinski definition) is 5. The van der Waals surface area contributed by atoms with E-state index >= 15 is 0 Å². The Kier molecular flexibility index (Phi) is 5.39. The molecule has 3 atom stereocenters. The summed E-state index contributed by atoms with van der Waals surface area (Å²) in [6.07, 6.45) is 6.94. The fourth-order valence-corrected chi connectivity index (χ4v) is 5.08. The van der Waals surface area contributed by atoms with Crippen molar-refractivity contribution in [3.05, 3.63) is 53.6 Å². The minimum absolute atomic E-state index is 0.230. The number of likely N-dealkylation sites (tertiary alicyclic amines) is 1. The lowest BCUT2D eigenvalue weighted by Crippen LogP contribution is -2.43. The molecule has 0 unspecified atom stereocenters. The monoisotopic (exact) mass is 381 g/mol. The highest BCUT2D eigenvalue weighted by molar-refractivity contribution is 5.39. The van der Waals surface area contributed by atoms with Crippen molar-refractivity contribution >= 4 is 0 Å². The SMILES string of the molecule is COc1ccccc1[C@@]1(O)CCC[C@H]2CN(Cc3cnc(C(C)C)nc3)C[C@H]21. The molecule has 4 rings (SSSR count). The van der Waals surface area contributed by atoms with E-state index in [2.05, 4.69) is 28.7 Å². The third-order valence-corrected chi connectivity index (χ3v) is 6.48. The number of rotatable bonds is 5. The third kappa shape index (κ3) is 3.53. The van der Waals surface area contributed by atoms with Crippen molar-refractivity contribution < 1.29 is 9.84 Å². The van der Waals surface area contributed by atoms with E-state index in [-0.39, 0.29) is 5.92 Å². The normalized spacial score (nSPS) is 27.8. The maximum Gasteiger partial charge on any atom is 0.130 e. The van der Waals surface area contributed by atoms with Crippen molar-refractivity contribution in [1.29, 1.82) is 0 Å². The first-order chi connectivity index (χ1) is 13.5. The van der Waals surface area contributed by atoms with Gasteiger partial charge in [-0.15, -0.1) is 0 Å². The summed E-state index contributed by atoms with van der Waals surface area (Å²) in [7, 11) is 1.68. The van der Waals surface area contributed by atoms with E-state index in [9.17, 15) is 5.11 Å². The largest absolute Gasteiger partial charge is 0.496 e. The van der Waals surface area contributed by atoms with Crippen LogP contribution in [0.25, 0.3) is 0 Å². The van der Waals surface area contributed by atoms with Crippen LogP contribution in [0.15, 0.2) is 36.7 Å². The van der Waals surface area contributed by atoms with Gasteiger partial charge in [0.2, 0.25) is 0 Å². The summed E-state index contributed by atoms with van der Waals surface area (Å²) >= 11 is 0. The number of ether oxygens (including phenoxy) is 1. The Hall–Kier alpha value is -1.98. The quantitative estimate of drug-likeness (QED) is 0.855.